The Kier molecular flexibility index (Phi) is 7.43. The number of thioether (sulfide) groups is 1. The molecule has 0 spiro atoms. The largest absolute Gasteiger partial charge is 0.367 e. The van der Waals surface area contributed by atoms with E-state index in [1.807, 2.05) is 18.2 Å². The van der Waals surface area contributed by atoms with E-state index in [9.17, 15) is 28.4 Å². The first kappa shape index (κ1) is 26.1. The summed E-state index contributed by atoms with van der Waals surface area (Å²) in [5, 5.41) is 8.82. The van der Waals surface area contributed by atoms with E-state index in [0.717, 1.165) is 28.4 Å². The number of amides is 3. The van der Waals surface area contributed by atoms with Crippen LogP contribution in [0.5, 0.6) is 0 Å². The molecule has 7 nitrogen and oxygen atoms in total. The van der Waals surface area contributed by atoms with Crippen molar-refractivity contribution in [3.63, 3.8) is 0 Å². The van der Waals surface area contributed by atoms with Crippen LogP contribution in [-0.2, 0) is 11.3 Å². The van der Waals surface area contributed by atoms with Gasteiger partial charge < -0.3 is 9.80 Å². The predicted octanol–water partition coefficient (Wildman–Crippen LogP) is 5.04. The van der Waals surface area contributed by atoms with Gasteiger partial charge in [0.05, 0.1) is 22.7 Å². The fourth-order valence-corrected chi connectivity index (χ4v) is 5.38. The number of halogens is 2. The first-order chi connectivity index (χ1) is 18.8. The zero-order chi connectivity index (χ0) is 27.5. The summed E-state index contributed by atoms with van der Waals surface area (Å²) in [6, 6.07) is 19.3. The van der Waals surface area contributed by atoms with Gasteiger partial charge in [0, 0.05) is 43.4 Å². The zero-order valence-electron chi connectivity index (χ0n) is 20.6. The maximum Gasteiger partial charge on any atom is 0.293 e. The summed E-state index contributed by atoms with van der Waals surface area (Å²) in [7, 11) is 0. The molecule has 2 heterocycles. The van der Waals surface area contributed by atoms with Crippen LogP contribution in [0.3, 0.4) is 0 Å². The van der Waals surface area contributed by atoms with Gasteiger partial charge in [0.1, 0.15) is 17.7 Å². The molecule has 3 aromatic rings. The molecule has 0 bridgehead atoms. The average molecular weight is 545 g/mol. The predicted molar refractivity (Wildman–Crippen MR) is 144 cm³/mol. The second-order valence-electron chi connectivity index (χ2n) is 9.04. The monoisotopic (exact) mass is 544 g/mol. The molecule has 10 heteroatoms. The van der Waals surface area contributed by atoms with Crippen molar-refractivity contribution in [2.45, 2.75) is 6.54 Å². The molecule has 39 heavy (non-hydrogen) atoms. The minimum absolute atomic E-state index is 0.0313. The maximum absolute atomic E-state index is 14.1. The maximum atomic E-state index is 14.1. The Bertz CT molecular complexity index is 1540. The number of piperazine rings is 1. The van der Waals surface area contributed by atoms with Crippen molar-refractivity contribution in [2.24, 2.45) is 0 Å². The molecule has 2 fully saturated rings. The van der Waals surface area contributed by atoms with E-state index in [1.54, 1.807) is 35.2 Å². The summed E-state index contributed by atoms with van der Waals surface area (Å²) in [4.78, 5) is 43.5. The van der Waals surface area contributed by atoms with E-state index in [4.69, 9.17) is 0 Å². The summed E-state index contributed by atoms with van der Waals surface area (Å²) < 4.78 is 27.3. The van der Waals surface area contributed by atoms with Crippen LogP contribution in [0.2, 0.25) is 0 Å². The van der Waals surface area contributed by atoms with Gasteiger partial charge in [0.2, 0.25) is 0 Å². The zero-order valence-corrected chi connectivity index (χ0v) is 21.5. The van der Waals surface area contributed by atoms with Crippen LogP contribution >= 0.6 is 11.8 Å². The highest BCUT2D eigenvalue weighted by Crippen LogP contribution is 2.34. The molecule has 0 aliphatic carbocycles. The van der Waals surface area contributed by atoms with Crippen LogP contribution in [0.1, 0.15) is 27.0 Å². The quantitative estimate of drug-likeness (QED) is 0.419. The van der Waals surface area contributed by atoms with E-state index in [-0.39, 0.29) is 22.9 Å². The third-order valence-electron chi connectivity index (χ3n) is 6.58. The first-order valence-corrected chi connectivity index (χ1v) is 13.0. The Morgan fingerprint density at radius 1 is 0.974 bits per heavy atom. The molecule has 0 N–H and O–H groups in total. The second-order valence-corrected chi connectivity index (χ2v) is 10.0. The van der Waals surface area contributed by atoms with Crippen LogP contribution in [0, 0.1) is 23.0 Å². The lowest BCUT2D eigenvalue weighted by Crippen LogP contribution is -2.49. The average Bonchev–Trinajstić information content (AvgIpc) is 3.21. The van der Waals surface area contributed by atoms with Crippen molar-refractivity contribution >= 4 is 40.6 Å². The van der Waals surface area contributed by atoms with E-state index < -0.39 is 22.8 Å². The van der Waals surface area contributed by atoms with Gasteiger partial charge in [-0.2, -0.15) is 5.26 Å². The van der Waals surface area contributed by atoms with E-state index in [1.165, 1.54) is 12.1 Å². The van der Waals surface area contributed by atoms with Crippen molar-refractivity contribution in [1.82, 2.24) is 9.80 Å². The highest BCUT2D eigenvalue weighted by molar-refractivity contribution is 8.18. The Hall–Kier alpha value is -4.49. The lowest BCUT2D eigenvalue weighted by Gasteiger charge is -2.36. The Morgan fingerprint density at radius 3 is 2.49 bits per heavy atom. The van der Waals surface area contributed by atoms with E-state index in [2.05, 4.69) is 11.0 Å². The molecule has 2 saturated heterocycles. The van der Waals surface area contributed by atoms with Crippen LogP contribution in [0.25, 0.3) is 6.08 Å². The minimum Gasteiger partial charge on any atom is -0.367 e. The van der Waals surface area contributed by atoms with Crippen LogP contribution in [-0.4, -0.2) is 53.0 Å². The molecular weight excluding hydrogens is 522 g/mol. The molecule has 196 valence electrons. The number of nitriles is 1. The Balaban J connectivity index is 1.26. The van der Waals surface area contributed by atoms with Crippen LogP contribution in [0.4, 0.5) is 19.3 Å². The molecule has 3 aromatic carbocycles. The molecule has 0 aromatic heterocycles. The number of rotatable bonds is 5. The molecule has 3 amide bonds. The number of imide groups is 1. The summed E-state index contributed by atoms with van der Waals surface area (Å²) in [6.07, 6.45) is 1.53. The number of carbonyl (C=O) groups excluding carboxylic acids is 3. The fourth-order valence-electron chi connectivity index (χ4n) is 4.55. The fraction of sp³-hybridized carbons (Fsp3) is 0.172. The van der Waals surface area contributed by atoms with Gasteiger partial charge in [-0.05, 0) is 53.7 Å². The van der Waals surface area contributed by atoms with Gasteiger partial charge in [0.25, 0.3) is 17.1 Å². The van der Waals surface area contributed by atoms with Gasteiger partial charge in [-0.1, -0.05) is 30.3 Å². The molecule has 5 rings (SSSR count). The van der Waals surface area contributed by atoms with Crippen LogP contribution < -0.4 is 4.90 Å². The lowest BCUT2D eigenvalue weighted by atomic mass is 10.1. The van der Waals surface area contributed by atoms with E-state index >= 15 is 0 Å². The highest BCUT2D eigenvalue weighted by Gasteiger charge is 2.35. The van der Waals surface area contributed by atoms with Gasteiger partial charge in [0.15, 0.2) is 0 Å². The van der Waals surface area contributed by atoms with E-state index in [0.29, 0.717) is 48.9 Å². The van der Waals surface area contributed by atoms with Crippen LogP contribution in [0.15, 0.2) is 71.6 Å². The Morgan fingerprint density at radius 2 is 1.74 bits per heavy atom. The number of hydrogen-bond donors (Lipinski definition) is 0. The normalized spacial score (nSPS) is 16.6. The number of para-hydroxylation sites is 1. The minimum atomic E-state index is -0.834. The number of anilines is 1. The first-order valence-electron chi connectivity index (χ1n) is 12.2. The van der Waals surface area contributed by atoms with Crippen molar-refractivity contribution in [3.05, 3.63) is 106 Å². The molecule has 2 aliphatic heterocycles. The van der Waals surface area contributed by atoms with Crippen molar-refractivity contribution in [1.29, 1.82) is 5.26 Å². The number of nitrogens with zero attached hydrogens (tertiary/aromatic N) is 4. The summed E-state index contributed by atoms with van der Waals surface area (Å²) >= 11 is 0.727. The molecule has 0 unspecified atom stereocenters. The summed E-state index contributed by atoms with van der Waals surface area (Å²) in [6.45, 7) is 1.85. The standard InChI is InChI=1S/C29H22F2N4O3S/c30-23-9-8-22(24(31)16-23)18-35-28(37)26(39-29(35)38)15-19-4-3-6-20(14-19)27(36)34-12-10-33(11-13-34)25-7-2-1-5-21(25)17-32/h1-9,14-16H,10-13,18H2/b26-15-. The molecule has 0 saturated carbocycles. The third-order valence-corrected chi connectivity index (χ3v) is 7.49. The topological polar surface area (TPSA) is 84.7 Å². The molecule has 0 atom stereocenters. The number of benzene rings is 3. The van der Waals surface area contributed by atoms with Gasteiger partial charge in [-0.25, -0.2) is 8.78 Å². The smallest absolute Gasteiger partial charge is 0.293 e. The summed E-state index contributed by atoms with van der Waals surface area (Å²) in [5.74, 6) is -2.32. The highest BCUT2D eigenvalue weighted by atomic mass is 32.2. The van der Waals surface area contributed by atoms with Crippen molar-refractivity contribution in [2.75, 3.05) is 31.1 Å². The second kappa shape index (κ2) is 11.1. The lowest BCUT2D eigenvalue weighted by molar-refractivity contribution is -0.123. The third kappa shape index (κ3) is 5.54. The molecular formula is C29H22F2N4O3S. The Labute approximate surface area is 227 Å². The van der Waals surface area contributed by atoms with Crippen molar-refractivity contribution < 1.29 is 23.2 Å². The van der Waals surface area contributed by atoms with Crippen molar-refractivity contribution in [3.8, 4) is 6.07 Å². The van der Waals surface area contributed by atoms with Gasteiger partial charge in [-0.15, -0.1) is 0 Å². The molecule has 2 aliphatic rings. The van der Waals surface area contributed by atoms with Gasteiger partial charge in [-0.3, -0.25) is 19.3 Å². The number of hydrogen-bond acceptors (Lipinski definition) is 6. The van der Waals surface area contributed by atoms with Gasteiger partial charge >= 0.3 is 0 Å². The number of carbonyl (C=O) groups is 3. The summed E-state index contributed by atoms with van der Waals surface area (Å²) in [5.41, 5.74) is 2.49. The SMILES string of the molecule is N#Cc1ccccc1N1CCN(C(=O)c2cccc(/C=C3\SC(=O)N(Cc4ccc(F)cc4F)C3=O)c2)CC1. The molecule has 0 radical (unpaired) electrons.